The first-order valence-electron chi connectivity index (χ1n) is 4.77. The number of pyridine rings is 1. The van der Waals surface area contributed by atoms with Gasteiger partial charge in [-0.15, -0.1) is 0 Å². The molecule has 6 heteroatoms. The van der Waals surface area contributed by atoms with Crippen LogP contribution in [0.3, 0.4) is 0 Å². The second-order valence-electron chi connectivity index (χ2n) is 3.25. The number of rotatable bonds is 2. The molecule has 2 rings (SSSR count). The molecule has 1 aliphatic heterocycles. The van der Waals surface area contributed by atoms with Crippen molar-refractivity contribution in [3.8, 4) is 6.19 Å². The van der Waals surface area contributed by atoms with Gasteiger partial charge in [-0.3, -0.25) is 0 Å². The predicted octanol–water partition coefficient (Wildman–Crippen LogP) is 1.29. The number of aromatic nitrogens is 1. The molecule has 2 heterocycles. The van der Waals surface area contributed by atoms with Gasteiger partial charge in [0.25, 0.3) is 0 Å². The first-order valence-corrected chi connectivity index (χ1v) is 6.71. The first kappa shape index (κ1) is 11.2. The Morgan fingerprint density at radius 2 is 2.44 bits per heavy atom. The molecule has 82 valence electrons. The molecule has 0 amide bonds. The SMILES string of the molecule is N#CNC1=NCC[S+]1Cc1ccc(Cl)nc1. The molecule has 1 aromatic rings. The molecular formula is C10H10ClN4S+. The van der Waals surface area contributed by atoms with E-state index in [0.29, 0.717) is 5.15 Å². The Bertz CT molecular complexity index is 437. The van der Waals surface area contributed by atoms with Crippen molar-refractivity contribution in [2.24, 2.45) is 4.99 Å². The Balaban J connectivity index is 2.02. The van der Waals surface area contributed by atoms with Gasteiger partial charge >= 0.3 is 5.17 Å². The Hall–Kier alpha value is -1.25. The van der Waals surface area contributed by atoms with Crippen LogP contribution >= 0.6 is 11.6 Å². The standard InChI is InChI=1S/C10H10ClN4S/c11-9-2-1-8(5-14-9)6-16-4-3-13-10(16)15-7-12/h1-2,5H,3-4,6H2,(H,13,15)/q+1. The zero-order valence-electron chi connectivity index (χ0n) is 8.48. The molecule has 1 aliphatic rings. The third-order valence-electron chi connectivity index (χ3n) is 2.16. The number of hydrogen-bond donors (Lipinski definition) is 1. The molecule has 1 unspecified atom stereocenters. The second-order valence-corrected chi connectivity index (χ2v) is 5.71. The minimum atomic E-state index is 0.0107. The first-order chi connectivity index (χ1) is 7.79. The number of nitriles is 1. The average molecular weight is 254 g/mol. The van der Waals surface area contributed by atoms with E-state index in [1.165, 1.54) is 0 Å². The van der Waals surface area contributed by atoms with E-state index in [9.17, 15) is 0 Å². The van der Waals surface area contributed by atoms with Gasteiger partial charge in [-0.1, -0.05) is 11.6 Å². The highest BCUT2D eigenvalue weighted by Crippen LogP contribution is 2.15. The molecule has 0 saturated carbocycles. The summed E-state index contributed by atoms with van der Waals surface area (Å²) in [6, 6.07) is 3.75. The normalized spacial score (nSPS) is 19.0. The van der Waals surface area contributed by atoms with Gasteiger partial charge in [-0.25, -0.2) is 15.3 Å². The van der Waals surface area contributed by atoms with Crippen LogP contribution in [-0.4, -0.2) is 22.4 Å². The van der Waals surface area contributed by atoms with Crippen molar-refractivity contribution < 1.29 is 0 Å². The van der Waals surface area contributed by atoms with Crippen molar-refractivity contribution >= 4 is 27.7 Å². The number of nitrogens with one attached hydrogen (secondary N) is 1. The van der Waals surface area contributed by atoms with E-state index in [-0.39, 0.29) is 10.9 Å². The van der Waals surface area contributed by atoms with Gasteiger partial charge < -0.3 is 0 Å². The summed E-state index contributed by atoms with van der Waals surface area (Å²) >= 11 is 5.72. The highest BCUT2D eigenvalue weighted by atomic mass is 35.5. The number of nitrogens with zero attached hydrogens (tertiary/aromatic N) is 3. The summed E-state index contributed by atoms with van der Waals surface area (Å²) in [4.78, 5) is 8.31. The van der Waals surface area contributed by atoms with Crippen molar-refractivity contribution in [3.63, 3.8) is 0 Å². The van der Waals surface area contributed by atoms with Gasteiger partial charge in [0, 0.05) is 11.8 Å². The molecule has 4 nitrogen and oxygen atoms in total. The predicted molar refractivity (Wildman–Crippen MR) is 66.2 cm³/mol. The largest absolute Gasteiger partial charge is 0.327 e. The minimum Gasteiger partial charge on any atom is -0.244 e. The van der Waals surface area contributed by atoms with E-state index in [1.54, 1.807) is 12.3 Å². The number of amidine groups is 1. The maximum atomic E-state index is 8.58. The highest BCUT2D eigenvalue weighted by molar-refractivity contribution is 8.10. The van der Waals surface area contributed by atoms with Crippen LogP contribution in [-0.2, 0) is 16.6 Å². The zero-order chi connectivity index (χ0) is 11.4. The van der Waals surface area contributed by atoms with Crippen molar-refractivity contribution in [1.29, 1.82) is 5.26 Å². The summed E-state index contributed by atoms with van der Waals surface area (Å²) in [5, 5.41) is 12.5. The van der Waals surface area contributed by atoms with Crippen LogP contribution in [0.1, 0.15) is 5.56 Å². The fourth-order valence-corrected chi connectivity index (χ4v) is 3.37. The van der Waals surface area contributed by atoms with E-state index < -0.39 is 0 Å². The Morgan fingerprint density at radius 3 is 3.12 bits per heavy atom. The maximum Gasteiger partial charge on any atom is 0.327 e. The van der Waals surface area contributed by atoms with E-state index in [2.05, 4.69) is 15.3 Å². The Labute approximate surface area is 102 Å². The van der Waals surface area contributed by atoms with Gasteiger partial charge in [-0.05, 0) is 12.1 Å². The fraction of sp³-hybridized carbons (Fsp3) is 0.300. The van der Waals surface area contributed by atoms with Crippen LogP contribution in [0.25, 0.3) is 0 Å². The van der Waals surface area contributed by atoms with E-state index in [1.807, 2.05) is 12.3 Å². The lowest BCUT2D eigenvalue weighted by Crippen LogP contribution is -2.27. The Morgan fingerprint density at radius 1 is 1.56 bits per heavy atom. The quantitative estimate of drug-likeness (QED) is 0.374. The topological polar surface area (TPSA) is 61.1 Å². The molecule has 0 bridgehead atoms. The molecule has 1 aromatic heterocycles. The summed E-state index contributed by atoms with van der Waals surface area (Å²) in [5.41, 5.74) is 1.13. The lowest BCUT2D eigenvalue weighted by Gasteiger charge is -2.01. The molecule has 0 radical (unpaired) electrons. The fourth-order valence-electron chi connectivity index (χ4n) is 1.44. The summed E-state index contributed by atoms with van der Waals surface area (Å²) < 4.78 is 0. The van der Waals surface area contributed by atoms with Gasteiger partial charge in [0.2, 0.25) is 0 Å². The third kappa shape index (κ3) is 2.65. The lowest BCUT2D eigenvalue weighted by atomic mass is 10.3. The summed E-state index contributed by atoms with van der Waals surface area (Å²) in [6.07, 6.45) is 3.70. The van der Waals surface area contributed by atoms with Crippen molar-refractivity contribution in [1.82, 2.24) is 10.3 Å². The molecule has 0 aliphatic carbocycles. The van der Waals surface area contributed by atoms with Crippen LogP contribution in [0.15, 0.2) is 23.3 Å². The van der Waals surface area contributed by atoms with E-state index in [4.69, 9.17) is 16.9 Å². The molecule has 16 heavy (non-hydrogen) atoms. The lowest BCUT2D eigenvalue weighted by molar-refractivity contribution is 1.15. The van der Waals surface area contributed by atoms with Crippen LogP contribution in [0.5, 0.6) is 0 Å². The summed E-state index contributed by atoms with van der Waals surface area (Å²) in [5.74, 6) is 1.88. The van der Waals surface area contributed by atoms with Crippen LogP contribution in [0.4, 0.5) is 0 Å². The smallest absolute Gasteiger partial charge is 0.244 e. The Kier molecular flexibility index (Phi) is 3.65. The van der Waals surface area contributed by atoms with Crippen molar-refractivity contribution in [3.05, 3.63) is 29.0 Å². The minimum absolute atomic E-state index is 0.0107. The number of halogens is 1. The van der Waals surface area contributed by atoms with E-state index in [0.717, 1.165) is 28.8 Å². The molecule has 0 saturated heterocycles. The summed E-state index contributed by atoms with van der Waals surface area (Å²) in [6.45, 7) is 0.800. The molecule has 1 N–H and O–H groups in total. The van der Waals surface area contributed by atoms with Crippen molar-refractivity contribution in [2.75, 3.05) is 12.3 Å². The highest BCUT2D eigenvalue weighted by Gasteiger charge is 2.31. The van der Waals surface area contributed by atoms with Crippen LogP contribution in [0.2, 0.25) is 5.15 Å². The third-order valence-corrected chi connectivity index (χ3v) is 4.52. The van der Waals surface area contributed by atoms with Crippen LogP contribution in [0, 0.1) is 11.5 Å². The van der Waals surface area contributed by atoms with E-state index >= 15 is 0 Å². The second kappa shape index (κ2) is 5.19. The molecule has 0 spiro atoms. The van der Waals surface area contributed by atoms with Gasteiger partial charge in [0.15, 0.2) is 6.19 Å². The molecule has 0 aromatic carbocycles. The van der Waals surface area contributed by atoms with Gasteiger partial charge in [0.1, 0.15) is 16.7 Å². The number of hydrogen-bond acceptors (Lipinski definition) is 4. The molecule has 0 fully saturated rings. The molecule has 1 atom stereocenters. The van der Waals surface area contributed by atoms with Gasteiger partial charge in [-0.2, -0.15) is 5.26 Å². The summed E-state index contributed by atoms with van der Waals surface area (Å²) in [7, 11) is 0.0107. The van der Waals surface area contributed by atoms with Crippen molar-refractivity contribution in [2.45, 2.75) is 5.75 Å². The monoisotopic (exact) mass is 253 g/mol. The number of aliphatic imine (C=N–C) groups is 1. The zero-order valence-corrected chi connectivity index (χ0v) is 10.1. The van der Waals surface area contributed by atoms with Gasteiger partial charge in [0.05, 0.1) is 17.4 Å². The molecular weight excluding hydrogens is 244 g/mol. The maximum absolute atomic E-state index is 8.58. The average Bonchev–Trinajstić information content (AvgIpc) is 2.70. The van der Waals surface area contributed by atoms with Crippen LogP contribution < -0.4 is 5.32 Å².